The van der Waals surface area contributed by atoms with Gasteiger partial charge in [0.15, 0.2) is 0 Å². The lowest BCUT2D eigenvalue weighted by atomic mass is 10.1. The van der Waals surface area contributed by atoms with E-state index < -0.39 is 0 Å². The topological polar surface area (TPSA) is 44.1 Å². The Morgan fingerprint density at radius 2 is 2.06 bits per heavy atom. The lowest BCUT2D eigenvalue weighted by Gasteiger charge is -2.24. The van der Waals surface area contributed by atoms with Gasteiger partial charge >= 0.3 is 0 Å². The molecule has 0 bridgehead atoms. The van der Waals surface area contributed by atoms with Crippen LogP contribution in [-0.2, 0) is 0 Å². The molecule has 0 aliphatic heterocycles. The van der Waals surface area contributed by atoms with Crippen molar-refractivity contribution >= 4 is 12.0 Å². The molecule has 1 unspecified atom stereocenters. The average Bonchev–Trinajstić information content (AvgIpc) is 2.35. The Hall–Kier alpha value is -1.82. The van der Waals surface area contributed by atoms with E-state index in [4.69, 9.17) is 5.26 Å². The second-order valence-corrected chi connectivity index (χ2v) is 3.78. The molecule has 0 spiro atoms. The largest absolute Gasteiger partial charge is 0.371 e. The zero-order valence-electron chi connectivity index (χ0n) is 9.68. The van der Waals surface area contributed by atoms with Crippen LogP contribution in [0.4, 0.5) is 5.69 Å². The predicted octanol–water partition coefficient (Wildman–Crippen LogP) is 2.49. The molecule has 0 saturated heterocycles. The quantitative estimate of drug-likeness (QED) is 0.710. The van der Waals surface area contributed by atoms with Gasteiger partial charge in [-0.2, -0.15) is 5.26 Å². The summed E-state index contributed by atoms with van der Waals surface area (Å²) in [6.07, 6.45) is 0.831. The summed E-state index contributed by atoms with van der Waals surface area (Å²) in [6, 6.07) is 9.64. The van der Waals surface area contributed by atoms with Crippen LogP contribution in [0, 0.1) is 17.2 Å². The summed E-state index contributed by atoms with van der Waals surface area (Å²) in [5.41, 5.74) is 1.73. The normalized spacial score (nSPS) is 11.6. The number of anilines is 1. The van der Waals surface area contributed by atoms with E-state index in [9.17, 15) is 4.79 Å². The van der Waals surface area contributed by atoms with Crippen molar-refractivity contribution in [2.45, 2.75) is 13.8 Å². The smallest absolute Gasteiger partial charge is 0.150 e. The molecule has 0 N–H and O–H groups in total. The van der Waals surface area contributed by atoms with E-state index in [2.05, 4.69) is 17.9 Å². The van der Waals surface area contributed by atoms with Crippen molar-refractivity contribution in [3.63, 3.8) is 0 Å². The van der Waals surface area contributed by atoms with Crippen molar-refractivity contribution in [3.05, 3.63) is 29.8 Å². The first-order valence-electron chi connectivity index (χ1n) is 5.41. The van der Waals surface area contributed by atoms with Gasteiger partial charge in [-0.3, -0.25) is 4.79 Å². The highest BCUT2D eigenvalue weighted by Crippen LogP contribution is 2.15. The lowest BCUT2D eigenvalue weighted by molar-refractivity contribution is 0.112. The third-order valence-corrected chi connectivity index (χ3v) is 2.49. The molecule has 0 fully saturated rings. The van der Waals surface area contributed by atoms with Gasteiger partial charge in [0, 0.05) is 24.3 Å². The number of nitrogens with zero attached hydrogens (tertiary/aromatic N) is 2. The highest BCUT2D eigenvalue weighted by molar-refractivity contribution is 5.75. The second kappa shape index (κ2) is 5.92. The Morgan fingerprint density at radius 3 is 2.50 bits per heavy atom. The van der Waals surface area contributed by atoms with Crippen molar-refractivity contribution in [1.82, 2.24) is 0 Å². The molecular weight excluding hydrogens is 200 g/mol. The van der Waals surface area contributed by atoms with Crippen molar-refractivity contribution in [1.29, 1.82) is 5.26 Å². The van der Waals surface area contributed by atoms with Crippen LogP contribution in [0.5, 0.6) is 0 Å². The van der Waals surface area contributed by atoms with Gasteiger partial charge in [-0.1, -0.05) is 0 Å². The molecule has 1 aromatic carbocycles. The Morgan fingerprint density at radius 1 is 1.44 bits per heavy atom. The van der Waals surface area contributed by atoms with Crippen LogP contribution in [0.1, 0.15) is 24.2 Å². The molecule has 1 atom stereocenters. The average molecular weight is 216 g/mol. The summed E-state index contributed by atoms with van der Waals surface area (Å²) in [7, 11) is 0. The molecule has 3 heteroatoms. The molecule has 1 rings (SSSR count). The molecule has 0 aromatic heterocycles. The van der Waals surface area contributed by atoms with Gasteiger partial charge in [0.1, 0.15) is 6.29 Å². The summed E-state index contributed by atoms with van der Waals surface area (Å²) in [6.45, 7) is 5.53. The SMILES string of the molecule is CCN(CC(C)C#N)c1ccc(C=O)cc1. The molecule has 0 heterocycles. The number of carbonyl (C=O) groups is 1. The fraction of sp³-hybridized carbons (Fsp3) is 0.385. The molecule has 3 nitrogen and oxygen atoms in total. The minimum absolute atomic E-state index is 0.00528. The van der Waals surface area contributed by atoms with E-state index in [1.165, 1.54) is 0 Å². The minimum atomic E-state index is 0.00528. The van der Waals surface area contributed by atoms with Gasteiger partial charge in [-0.05, 0) is 38.1 Å². The molecule has 0 aliphatic rings. The van der Waals surface area contributed by atoms with Crippen LogP contribution in [0.25, 0.3) is 0 Å². The van der Waals surface area contributed by atoms with Crippen LogP contribution in [-0.4, -0.2) is 19.4 Å². The van der Waals surface area contributed by atoms with E-state index in [0.717, 1.165) is 18.5 Å². The summed E-state index contributed by atoms with van der Waals surface area (Å²) >= 11 is 0. The first-order valence-corrected chi connectivity index (χ1v) is 5.41. The second-order valence-electron chi connectivity index (χ2n) is 3.78. The first kappa shape index (κ1) is 12.3. The summed E-state index contributed by atoms with van der Waals surface area (Å²) in [5, 5.41) is 8.79. The van der Waals surface area contributed by atoms with Crippen molar-refractivity contribution in [3.8, 4) is 6.07 Å². The Balaban J connectivity index is 2.79. The number of aldehydes is 1. The molecular formula is C13H16N2O. The fourth-order valence-electron chi connectivity index (χ4n) is 1.55. The molecule has 16 heavy (non-hydrogen) atoms. The standard InChI is InChI=1S/C13H16N2O/c1-3-15(9-11(2)8-14)13-6-4-12(10-16)5-7-13/h4-7,10-11H,3,9H2,1-2H3. The number of rotatable bonds is 5. The minimum Gasteiger partial charge on any atom is -0.371 e. The highest BCUT2D eigenvalue weighted by atomic mass is 16.1. The molecule has 1 aromatic rings. The predicted molar refractivity (Wildman–Crippen MR) is 64.5 cm³/mol. The number of hydrogen-bond acceptors (Lipinski definition) is 3. The van der Waals surface area contributed by atoms with Gasteiger partial charge < -0.3 is 4.90 Å². The zero-order valence-corrected chi connectivity index (χ0v) is 9.68. The van der Waals surface area contributed by atoms with Crippen molar-refractivity contribution in [2.24, 2.45) is 5.92 Å². The Labute approximate surface area is 96.3 Å². The summed E-state index contributed by atoms with van der Waals surface area (Å²) < 4.78 is 0. The van der Waals surface area contributed by atoms with Crippen LogP contribution in [0.2, 0.25) is 0 Å². The van der Waals surface area contributed by atoms with Gasteiger partial charge in [-0.25, -0.2) is 0 Å². The van der Waals surface area contributed by atoms with Gasteiger partial charge in [-0.15, -0.1) is 0 Å². The van der Waals surface area contributed by atoms with Crippen LogP contribution < -0.4 is 4.90 Å². The maximum Gasteiger partial charge on any atom is 0.150 e. The van der Waals surface area contributed by atoms with E-state index >= 15 is 0 Å². The van der Waals surface area contributed by atoms with Gasteiger partial charge in [0.2, 0.25) is 0 Å². The van der Waals surface area contributed by atoms with Crippen LogP contribution >= 0.6 is 0 Å². The third-order valence-electron chi connectivity index (χ3n) is 2.49. The number of nitriles is 1. The molecule has 0 aliphatic carbocycles. The summed E-state index contributed by atoms with van der Waals surface area (Å²) in [4.78, 5) is 12.7. The van der Waals surface area contributed by atoms with Gasteiger partial charge in [0.05, 0.1) is 12.0 Å². The monoisotopic (exact) mass is 216 g/mol. The van der Waals surface area contributed by atoms with Crippen LogP contribution in [0.3, 0.4) is 0 Å². The molecule has 0 radical (unpaired) electrons. The van der Waals surface area contributed by atoms with Crippen LogP contribution in [0.15, 0.2) is 24.3 Å². The fourth-order valence-corrected chi connectivity index (χ4v) is 1.55. The van der Waals surface area contributed by atoms with E-state index in [0.29, 0.717) is 12.1 Å². The zero-order chi connectivity index (χ0) is 12.0. The number of carbonyl (C=O) groups excluding carboxylic acids is 1. The van der Waals surface area contributed by atoms with Crippen molar-refractivity contribution in [2.75, 3.05) is 18.0 Å². The van der Waals surface area contributed by atoms with E-state index in [1.54, 1.807) is 12.1 Å². The number of benzene rings is 1. The highest BCUT2D eigenvalue weighted by Gasteiger charge is 2.08. The summed E-state index contributed by atoms with van der Waals surface area (Å²) in [5.74, 6) is 0.00528. The number of hydrogen-bond donors (Lipinski definition) is 0. The lowest BCUT2D eigenvalue weighted by Crippen LogP contribution is -2.27. The third kappa shape index (κ3) is 3.09. The van der Waals surface area contributed by atoms with E-state index in [1.807, 2.05) is 19.1 Å². The molecule has 84 valence electrons. The first-order chi connectivity index (χ1) is 7.71. The Bertz CT molecular complexity index is 378. The Kier molecular flexibility index (Phi) is 4.53. The van der Waals surface area contributed by atoms with Crippen molar-refractivity contribution < 1.29 is 4.79 Å². The maximum absolute atomic E-state index is 10.5. The van der Waals surface area contributed by atoms with Gasteiger partial charge in [0.25, 0.3) is 0 Å². The molecule has 0 saturated carbocycles. The molecule has 0 amide bonds. The maximum atomic E-state index is 10.5. The van der Waals surface area contributed by atoms with E-state index in [-0.39, 0.29) is 5.92 Å².